The minimum atomic E-state index is -0.0698. The molecular formula is C27H30Cl2N5+. The fourth-order valence-electron chi connectivity index (χ4n) is 4.51. The molecule has 1 aliphatic heterocycles. The molecule has 0 amide bonds. The summed E-state index contributed by atoms with van der Waals surface area (Å²) in [5, 5.41) is 6.29. The third-order valence-electron chi connectivity index (χ3n) is 6.54. The monoisotopic (exact) mass is 494 g/mol. The Balaban J connectivity index is 1.44. The molecule has 1 fully saturated rings. The number of fused-ring (bicyclic) bond motifs is 1. The average molecular weight is 495 g/mol. The summed E-state index contributed by atoms with van der Waals surface area (Å²) in [7, 11) is 0. The minimum absolute atomic E-state index is 0.0698. The van der Waals surface area contributed by atoms with Gasteiger partial charge in [0.05, 0.1) is 38.1 Å². The van der Waals surface area contributed by atoms with Gasteiger partial charge in [-0.2, -0.15) is 9.61 Å². The second kappa shape index (κ2) is 9.21. The Kier molecular flexibility index (Phi) is 6.28. The number of anilines is 1. The quantitative estimate of drug-likeness (QED) is 0.438. The van der Waals surface area contributed by atoms with E-state index in [1.165, 1.54) is 5.56 Å². The van der Waals surface area contributed by atoms with Gasteiger partial charge in [0.25, 0.3) is 0 Å². The van der Waals surface area contributed by atoms with E-state index in [0.29, 0.717) is 0 Å². The molecule has 0 spiro atoms. The number of hydrogen-bond donors (Lipinski definition) is 1. The zero-order valence-corrected chi connectivity index (χ0v) is 21.4. The van der Waals surface area contributed by atoms with Crippen LogP contribution in [0, 0.1) is 0 Å². The van der Waals surface area contributed by atoms with Gasteiger partial charge in [0, 0.05) is 32.7 Å². The highest BCUT2D eigenvalue weighted by Gasteiger charge is 2.26. The van der Waals surface area contributed by atoms with Crippen molar-refractivity contribution in [3.8, 4) is 11.1 Å². The van der Waals surface area contributed by atoms with Crippen molar-refractivity contribution < 1.29 is 4.90 Å². The molecule has 1 aliphatic rings. The van der Waals surface area contributed by atoms with Crippen molar-refractivity contribution in [3.05, 3.63) is 82.1 Å². The fraction of sp³-hybridized carbons (Fsp3) is 0.333. The normalized spacial score (nSPS) is 15.3. The van der Waals surface area contributed by atoms with Crippen LogP contribution in [0.25, 0.3) is 16.8 Å². The molecule has 0 bridgehead atoms. The number of rotatable bonds is 4. The summed E-state index contributed by atoms with van der Waals surface area (Å²) in [5.41, 5.74) is 5.31. The van der Waals surface area contributed by atoms with Gasteiger partial charge in [-0.15, -0.1) is 0 Å². The van der Waals surface area contributed by atoms with E-state index >= 15 is 0 Å². The zero-order chi connectivity index (χ0) is 23.9. The van der Waals surface area contributed by atoms with Crippen LogP contribution in [0.15, 0.2) is 60.8 Å². The maximum absolute atomic E-state index is 6.12. The molecule has 0 radical (unpaired) electrons. The Labute approximate surface area is 210 Å². The van der Waals surface area contributed by atoms with Gasteiger partial charge in [0.15, 0.2) is 5.65 Å². The number of benzene rings is 2. The van der Waals surface area contributed by atoms with Gasteiger partial charge in [-0.1, -0.05) is 68.2 Å². The molecule has 0 saturated carbocycles. The highest BCUT2D eigenvalue weighted by Crippen LogP contribution is 2.31. The molecule has 0 aliphatic carbocycles. The average Bonchev–Trinajstić information content (AvgIpc) is 3.25. The highest BCUT2D eigenvalue weighted by atomic mass is 35.5. The van der Waals surface area contributed by atoms with Gasteiger partial charge in [-0.25, -0.2) is 4.98 Å². The first-order valence-electron chi connectivity index (χ1n) is 11.8. The lowest BCUT2D eigenvalue weighted by molar-refractivity contribution is -0.914. The van der Waals surface area contributed by atoms with Crippen molar-refractivity contribution in [1.29, 1.82) is 0 Å². The van der Waals surface area contributed by atoms with Gasteiger partial charge in [0.1, 0.15) is 12.4 Å². The largest absolute Gasteiger partial charge is 0.345 e. The standard InChI is InChI=1S/C27H29Cl2N5/c1-27(2,3)24-16-25(33-14-12-32(13-15-33)18-19-4-8-21(28)9-5-19)34-26(31-24)23(17-30-34)20-6-10-22(29)11-7-20/h4-11,16-17H,12-15,18H2,1-3H3/p+1. The maximum Gasteiger partial charge on any atom is 0.165 e. The number of hydrogen-bond acceptors (Lipinski definition) is 3. The summed E-state index contributed by atoms with van der Waals surface area (Å²) in [4.78, 5) is 9.10. The molecule has 7 heteroatoms. The van der Waals surface area contributed by atoms with Crippen molar-refractivity contribution in [2.24, 2.45) is 0 Å². The van der Waals surface area contributed by atoms with Crippen LogP contribution in [0.1, 0.15) is 32.0 Å². The van der Waals surface area contributed by atoms with Crippen molar-refractivity contribution in [3.63, 3.8) is 0 Å². The lowest BCUT2D eigenvalue weighted by atomic mass is 9.91. The first kappa shape index (κ1) is 23.2. The third-order valence-corrected chi connectivity index (χ3v) is 7.04. The third kappa shape index (κ3) is 4.78. The van der Waals surface area contributed by atoms with E-state index in [9.17, 15) is 0 Å². The number of piperazine rings is 1. The van der Waals surface area contributed by atoms with Crippen molar-refractivity contribution >= 4 is 34.7 Å². The van der Waals surface area contributed by atoms with Gasteiger partial charge in [0.2, 0.25) is 0 Å². The minimum Gasteiger partial charge on any atom is -0.345 e. The Bertz CT molecular complexity index is 1280. The van der Waals surface area contributed by atoms with Crippen LogP contribution < -0.4 is 9.80 Å². The number of nitrogens with one attached hydrogen (secondary N) is 1. The smallest absolute Gasteiger partial charge is 0.165 e. The summed E-state index contributed by atoms with van der Waals surface area (Å²) < 4.78 is 2.00. The molecule has 5 rings (SSSR count). The molecule has 34 heavy (non-hydrogen) atoms. The van der Waals surface area contributed by atoms with Crippen LogP contribution >= 0.6 is 23.2 Å². The fourth-order valence-corrected chi connectivity index (χ4v) is 4.76. The van der Waals surface area contributed by atoms with Crippen LogP contribution in [0.2, 0.25) is 10.0 Å². The summed E-state index contributed by atoms with van der Waals surface area (Å²) >= 11 is 12.2. The first-order valence-corrected chi connectivity index (χ1v) is 12.5. The lowest BCUT2D eigenvalue weighted by Gasteiger charge is -2.34. The summed E-state index contributed by atoms with van der Waals surface area (Å²) in [6.07, 6.45) is 1.92. The zero-order valence-electron chi connectivity index (χ0n) is 19.9. The predicted octanol–water partition coefficient (Wildman–Crippen LogP) is 4.91. The second-order valence-electron chi connectivity index (χ2n) is 10.1. The van der Waals surface area contributed by atoms with E-state index in [1.54, 1.807) is 4.90 Å². The van der Waals surface area contributed by atoms with Crippen molar-refractivity contribution in [1.82, 2.24) is 14.6 Å². The predicted molar refractivity (Wildman–Crippen MR) is 140 cm³/mol. The summed E-state index contributed by atoms with van der Waals surface area (Å²) in [6.45, 7) is 11.7. The first-order chi connectivity index (χ1) is 16.3. The van der Waals surface area contributed by atoms with Gasteiger partial charge in [-0.3, -0.25) is 0 Å². The van der Waals surface area contributed by atoms with Crippen LogP contribution in [-0.4, -0.2) is 40.8 Å². The van der Waals surface area contributed by atoms with Gasteiger partial charge >= 0.3 is 0 Å². The van der Waals surface area contributed by atoms with E-state index in [2.05, 4.69) is 43.9 Å². The van der Waals surface area contributed by atoms with E-state index in [-0.39, 0.29) is 5.41 Å². The van der Waals surface area contributed by atoms with E-state index in [0.717, 1.165) is 71.1 Å². The van der Waals surface area contributed by atoms with Crippen LogP contribution in [0.5, 0.6) is 0 Å². The molecule has 0 atom stereocenters. The molecule has 4 aromatic rings. The Morgan fingerprint density at radius 1 is 0.912 bits per heavy atom. The molecule has 5 nitrogen and oxygen atoms in total. The van der Waals surface area contributed by atoms with Gasteiger partial charge < -0.3 is 9.80 Å². The van der Waals surface area contributed by atoms with E-state index < -0.39 is 0 Å². The van der Waals surface area contributed by atoms with E-state index in [4.69, 9.17) is 33.3 Å². The molecular weight excluding hydrogens is 465 g/mol. The second-order valence-corrected chi connectivity index (χ2v) is 11.0. The molecule has 1 saturated heterocycles. The van der Waals surface area contributed by atoms with Crippen LogP contribution in [0.3, 0.4) is 0 Å². The molecule has 176 valence electrons. The maximum atomic E-state index is 6.12. The van der Waals surface area contributed by atoms with Gasteiger partial charge in [-0.05, 0) is 29.8 Å². The SMILES string of the molecule is CC(C)(C)c1cc(N2CC[NH+](Cc3ccc(Cl)cc3)CC2)n2ncc(-c3ccc(Cl)cc3)c2n1. The topological polar surface area (TPSA) is 37.9 Å². The van der Waals surface area contributed by atoms with Crippen LogP contribution in [-0.2, 0) is 12.0 Å². The van der Waals surface area contributed by atoms with Crippen molar-refractivity contribution in [2.45, 2.75) is 32.7 Å². The highest BCUT2D eigenvalue weighted by molar-refractivity contribution is 6.30. The molecule has 0 unspecified atom stereocenters. The Morgan fingerprint density at radius 3 is 2.15 bits per heavy atom. The number of quaternary nitrogens is 1. The molecule has 1 N–H and O–H groups in total. The molecule has 2 aromatic heterocycles. The number of nitrogens with zero attached hydrogens (tertiary/aromatic N) is 4. The van der Waals surface area contributed by atoms with E-state index in [1.807, 2.05) is 47.1 Å². The summed E-state index contributed by atoms with van der Waals surface area (Å²) in [6, 6.07) is 18.3. The Hall–Kier alpha value is -2.60. The van der Waals surface area contributed by atoms with Crippen molar-refractivity contribution in [2.75, 3.05) is 31.1 Å². The molecule has 3 heterocycles. The number of halogens is 2. The number of aromatic nitrogens is 3. The Morgan fingerprint density at radius 2 is 1.53 bits per heavy atom. The summed E-state index contributed by atoms with van der Waals surface area (Å²) in [5.74, 6) is 1.11. The van der Waals surface area contributed by atoms with Crippen LogP contribution in [0.4, 0.5) is 5.82 Å². The lowest BCUT2D eigenvalue weighted by Crippen LogP contribution is -3.13. The molecule has 2 aromatic carbocycles.